The van der Waals surface area contributed by atoms with Gasteiger partial charge in [0.1, 0.15) is 11.8 Å². The van der Waals surface area contributed by atoms with Crippen molar-refractivity contribution in [3.63, 3.8) is 0 Å². The highest BCUT2D eigenvalue weighted by molar-refractivity contribution is 7.92. The van der Waals surface area contributed by atoms with E-state index in [1.807, 2.05) is 0 Å². The van der Waals surface area contributed by atoms with Crippen molar-refractivity contribution in [1.29, 1.82) is 0 Å². The van der Waals surface area contributed by atoms with E-state index in [1.165, 1.54) is 24.3 Å². The van der Waals surface area contributed by atoms with Gasteiger partial charge in [-0.2, -0.15) is 0 Å². The average Bonchev–Trinajstić information content (AvgIpc) is 2.88. The maximum Gasteiger partial charge on any atom is 0.326 e. The van der Waals surface area contributed by atoms with Crippen LogP contribution >= 0.6 is 11.6 Å². The molecule has 1 aliphatic heterocycles. The third kappa shape index (κ3) is 3.54. The molecule has 1 aliphatic rings. The first-order valence-electron chi connectivity index (χ1n) is 6.32. The van der Waals surface area contributed by atoms with Crippen molar-refractivity contribution < 1.29 is 23.1 Å². The lowest BCUT2D eigenvalue weighted by atomic mass is 10.2. The predicted octanol–water partition coefficient (Wildman–Crippen LogP) is 1.19. The van der Waals surface area contributed by atoms with Crippen LogP contribution in [0.2, 0.25) is 5.02 Å². The highest BCUT2D eigenvalue weighted by Crippen LogP contribution is 2.20. The Balaban J connectivity index is 2.15. The van der Waals surface area contributed by atoms with Crippen LogP contribution in [0.25, 0.3) is 0 Å². The van der Waals surface area contributed by atoms with Crippen LogP contribution in [-0.2, 0) is 19.4 Å². The predicted molar refractivity (Wildman–Crippen MR) is 75.9 cm³/mol. The van der Waals surface area contributed by atoms with Crippen molar-refractivity contribution in [3.05, 3.63) is 29.3 Å². The number of sulfone groups is 1. The fourth-order valence-electron chi connectivity index (χ4n) is 2.29. The second-order valence-electron chi connectivity index (χ2n) is 4.80. The summed E-state index contributed by atoms with van der Waals surface area (Å²) >= 11 is 5.69. The molecule has 1 saturated heterocycles. The number of carbonyl (C=O) groups is 2. The van der Waals surface area contributed by atoms with Crippen LogP contribution in [0.4, 0.5) is 0 Å². The van der Waals surface area contributed by atoms with Gasteiger partial charge in [-0.1, -0.05) is 11.6 Å². The second kappa shape index (κ2) is 6.03. The smallest absolute Gasteiger partial charge is 0.326 e. The lowest BCUT2D eigenvalue weighted by Gasteiger charge is -2.21. The third-order valence-electron chi connectivity index (χ3n) is 3.34. The van der Waals surface area contributed by atoms with E-state index in [2.05, 4.69) is 0 Å². The molecule has 1 fully saturated rings. The van der Waals surface area contributed by atoms with Gasteiger partial charge >= 0.3 is 5.97 Å². The first-order chi connectivity index (χ1) is 9.81. The fraction of sp³-hybridized carbons (Fsp3) is 0.385. The van der Waals surface area contributed by atoms with E-state index in [-0.39, 0.29) is 11.4 Å². The van der Waals surface area contributed by atoms with Gasteiger partial charge in [0, 0.05) is 11.6 Å². The van der Waals surface area contributed by atoms with E-state index >= 15 is 0 Å². The molecule has 114 valence electrons. The number of nitrogens with zero attached hydrogens (tertiary/aromatic N) is 1. The van der Waals surface area contributed by atoms with Crippen LogP contribution in [0.1, 0.15) is 12.8 Å². The Morgan fingerprint density at radius 3 is 2.48 bits per heavy atom. The number of amides is 1. The molecule has 8 heteroatoms. The van der Waals surface area contributed by atoms with Crippen LogP contribution in [0.3, 0.4) is 0 Å². The Morgan fingerprint density at radius 2 is 1.90 bits per heavy atom. The molecule has 0 spiro atoms. The molecular formula is C13H14ClNO5S. The molecule has 0 aromatic heterocycles. The maximum absolute atomic E-state index is 12.1. The Hall–Kier alpha value is -1.60. The second-order valence-corrected chi connectivity index (χ2v) is 7.22. The molecule has 1 N–H and O–H groups in total. The van der Waals surface area contributed by atoms with Gasteiger partial charge in [0.15, 0.2) is 9.84 Å². The molecule has 1 aromatic carbocycles. The first kappa shape index (κ1) is 15.8. The van der Waals surface area contributed by atoms with Crippen LogP contribution in [-0.4, -0.2) is 48.6 Å². The van der Waals surface area contributed by atoms with E-state index in [0.29, 0.717) is 17.9 Å². The van der Waals surface area contributed by atoms with Crippen LogP contribution in [0.5, 0.6) is 0 Å². The summed E-state index contributed by atoms with van der Waals surface area (Å²) in [5.41, 5.74) is 0. The van der Waals surface area contributed by atoms with Gasteiger partial charge in [0.25, 0.3) is 0 Å². The first-order valence-corrected chi connectivity index (χ1v) is 8.35. The Morgan fingerprint density at radius 1 is 1.29 bits per heavy atom. The minimum atomic E-state index is -3.81. The summed E-state index contributed by atoms with van der Waals surface area (Å²) in [6, 6.07) is 4.56. The van der Waals surface area contributed by atoms with E-state index in [1.54, 1.807) is 0 Å². The third-order valence-corrected chi connectivity index (χ3v) is 5.21. The van der Waals surface area contributed by atoms with Gasteiger partial charge in [-0.05, 0) is 37.1 Å². The molecule has 0 radical (unpaired) electrons. The number of likely N-dealkylation sites (tertiary alicyclic amines) is 1. The van der Waals surface area contributed by atoms with Crippen molar-refractivity contribution in [3.8, 4) is 0 Å². The summed E-state index contributed by atoms with van der Waals surface area (Å²) < 4.78 is 24.3. The van der Waals surface area contributed by atoms with E-state index in [4.69, 9.17) is 16.7 Å². The molecule has 1 atom stereocenters. The number of carbonyl (C=O) groups excluding carboxylic acids is 1. The van der Waals surface area contributed by atoms with Crippen molar-refractivity contribution >= 4 is 33.3 Å². The molecule has 0 unspecified atom stereocenters. The molecule has 1 amide bonds. The van der Waals surface area contributed by atoms with Crippen molar-refractivity contribution in [1.82, 2.24) is 4.90 Å². The highest BCUT2D eigenvalue weighted by Gasteiger charge is 2.35. The van der Waals surface area contributed by atoms with Crippen LogP contribution < -0.4 is 0 Å². The van der Waals surface area contributed by atoms with Gasteiger partial charge in [-0.3, -0.25) is 4.79 Å². The minimum Gasteiger partial charge on any atom is -0.480 e. The molecular weight excluding hydrogens is 318 g/mol. The quantitative estimate of drug-likeness (QED) is 0.894. The summed E-state index contributed by atoms with van der Waals surface area (Å²) in [5, 5.41) is 9.41. The molecule has 21 heavy (non-hydrogen) atoms. The Bertz CT molecular complexity index is 656. The summed E-state index contributed by atoms with van der Waals surface area (Å²) in [6.45, 7) is 0.270. The van der Waals surface area contributed by atoms with Gasteiger partial charge in [0.2, 0.25) is 5.91 Å². The lowest BCUT2D eigenvalue weighted by molar-refractivity contribution is -0.147. The zero-order valence-electron chi connectivity index (χ0n) is 11.0. The summed E-state index contributed by atoms with van der Waals surface area (Å²) in [7, 11) is -3.81. The fourth-order valence-corrected chi connectivity index (χ4v) is 3.63. The van der Waals surface area contributed by atoms with Crippen LogP contribution in [0.15, 0.2) is 29.2 Å². The van der Waals surface area contributed by atoms with Crippen molar-refractivity contribution in [2.75, 3.05) is 12.3 Å². The van der Waals surface area contributed by atoms with Crippen molar-refractivity contribution in [2.24, 2.45) is 0 Å². The normalized spacial score (nSPS) is 18.7. The molecule has 0 bridgehead atoms. The monoisotopic (exact) mass is 331 g/mol. The molecule has 0 aliphatic carbocycles. The summed E-state index contributed by atoms with van der Waals surface area (Å²) in [5.74, 6) is -2.53. The van der Waals surface area contributed by atoms with Gasteiger partial charge in [-0.25, -0.2) is 13.2 Å². The van der Waals surface area contributed by atoms with Gasteiger partial charge < -0.3 is 10.0 Å². The SMILES string of the molecule is O=C(O)[C@H]1CCCN1C(=O)CS(=O)(=O)c1ccc(Cl)cc1. The molecule has 1 heterocycles. The number of carboxylic acid groups (broad SMARTS) is 1. The molecule has 1 aromatic rings. The summed E-state index contributed by atoms with van der Waals surface area (Å²) in [6.07, 6.45) is 0.908. The highest BCUT2D eigenvalue weighted by atomic mass is 35.5. The summed E-state index contributed by atoms with van der Waals surface area (Å²) in [4.78, 5) is 24.2. The largest absolute Gasteiger partial charge is 0.480 e. The van der Waals surface area contributed by atoms with Gasteiger partial charge in [0.05, 0.1) is 4.90 Å². The van der Waals surface area contributed by atoms with Crippen molar-refractivity contribution in [2.45, 2.75) is 23.8 Å². The van der Waals surface area contributed by atoms with E-state index in [0.717, 1.165) is 4.90 Å². The Kier molecular flexibility index (Phi) is 4.53. The lowest BCUT2D eigenvalue weighted by Crippen LogP contribution is -2.43. The molecule has 6 nitrogen and oxygen atoms in total. The number of halogens is 1. The topological polar surface area (TPSA) is 91.8 Å². The number of benzene rings is 1. The number of aliphatic carboxylic acids is 1. The number of rotatable bonds is 4. The number of hydrogen-bond donors (Lipinski definition) is 1. The zero-order valence-corrected chi connectivity index (χ0v) is 12.6. The molecule has 0 saturated carbocycles. The number of carboxylic acids is 1. The Labute approximate surface area is 127 Å². The maximum atomic E-state index is 12.1. The number of hydrogen-bond acceptors (Lipinski definition) is 4. The minimum absolute atomic E-state index is 0.00804. The zero-order chi connectivity index (χ0) is 15.6. The van der Waals surface area contributed by atoms with E-state index < -0.39 is 33.5 Å². The van der Waals surface area contributed by atoms with Gasteiger partial charge in [-0.15, -0.1) is 0 Å². The van der Waals surface area contributed by atoms with Crippen LogP contribution in [0, 0.1) is 0 Å². The average molecular weight is 332 g/mol. The van der Waals surface area contributed by atoms with E-state index in [9.17, 15) is 18.0 Å². The molecule has 2 rings (SSSR count). The standard InChI is InChI=1S/C13H14ClNO5S/c14-9-3-5-10(6-4-9)21(19,20)8-12(16)15-7-1-2-11(15)13(17)18/h3-6,11H,1-2,7-8H2,(H,17,18)/t11-/m1/s1.